The smallest absolute Gasteiger partial charge is 0.270 e. The maximum absolute atomic E-state index is 13.4. The summed E-state index contributed by atoms with van der Waals surface area (Å²) in [5.41, 5.74) is 0.0877. The van der Waals surface area contributed by atoms with Crippen LogP contribution < -0.4 is 0 Å². The molecule has 0 saturated heterocycles. The highest BCUT2D eigenvalue weighted by Gasteiger charge is 2.25. The molecule has 2 rings (SSSR count). The molecule has 0 unspecified atom stereocenters. The largest absolute Gasteiger partial charge is 0.508 e. The van der Waals surface area contributed by atoms with Crippen molar-refractivity contribution in [3.8, 4) is 5.75 Å². The average Bonchev–Trinajstić information content (AvgIpc) is 2.60. The second-order valence-corrected chi connectivity index (χ2v) is 7.59. The lowest BCUT2D eigenvalue weighted by Crippen LogP contribution is -2.09. The molecule has 2 aromatic rings. The van der Waals surface area contributed by atoms with Gasteiger partial charge in [-0.15, -0.1) is 11.8 Å². The Morgan fingerprint density at radius 1 is 1.08 bits per heavy atom. The predicted molar refractivity (Wildman–Crippen MR) is 102 cm³/mol. The average molecular weight is 378 g/mol. The number of benzene rings is 2. The summed E-state index contributed by atoms with van der Waals surface area (Å²) in [4.78, 5) is 13.3. The summed E-state index contributed by atoms with van der Waals surface area (Å²) in [7, 11) is 0. The van der Waals surface area contributed by atoms with Crippen LogP contribution in [0.25, 0.3) is 0 Å². The Bertz CT molecular complexity index is 712. The van der Waals surface area contributed by atoms with E-state index < -0.39 is 5.92 Å². The molecule has 2 aromatic carbocycles. The number of aromatic hydroxyl groups is 1. The van der Waals surface area contributed by atoms with Gasteiger partial charge in [-0.3, -0.25) is 4.79 Å². The number of hydrogen-bond donors (Lipinski definition) is 1. The fraction of sp³-hybridized carbons (Fsp3) is 0.381. The molecule has 1 N–H and O–H groups in total. The first kappa shape index (κ1) is 20.4. The number of Topliss-reactive ketones (excluding diaryl/α,β-unsaturated/α-hetero) is 1. The third-order valence-corrected chi connectivity index (χ3v) is 5.18. The van der Waals surface area contributed by atoms with Gasteiger partial charge in [0.15, 0.2) is 0 Å². The molecule has 0 heterocycles. The number of carbonyl (C=O) groups excluding carboxylic acids is 1. The quantitative estimate of drug-likeness (QED) is 0.409. The monoisotopic (exact) mass is 378 g/mol. The Labute approximate surface area is 157 Å². The van der Waals surface area contributed by atoms with Crippen molar-refractivity contribution < 1.29 is 18.7 Å². The minimum Gasteiger partial charge on any atom is -0.508 e. The van der Waals surface area contributed by atoms with Crippen LogP contribution in [-0.4, -0.2) is 16.6 Å². The molecule has 0 amide bonds. The zero-order valence-corrected chi connectivity index (χ0v) is 15.7. The van der Waals surface area contributed by atoms with E-state index in [4.69, 9.17) is 0 Å². The second-order valence-electron chi connectivity index (χ2n) is 6.42. The van der Waals surface area contributed by atoms with E-state index >= 15 is 0 Å². The lowest BCUT2D eigenvalue weighted by molar-refractivity contribution is -0.118. The van der Waals surface area contributed by atoms with Crippen molar-refractivity contribution in [3.63, 3.8) is 0 Å². The molecule has 5 heteroatoms. The molecule has 0 bridgehead atoms. The first-order valence-electron chi connectivity index (χ1n) is 8.76. The van der Waals surface area contributed by atoms with E-state index in [0.29, 0.717) is 6.42 Å². The molecule has 2 nitrogen and oxygen atoms in total. The van der Waals surface area contributed by atoms with Crippen molar-refractivity contribution in [2.24, 2.45) is 0 Å². The fourth-order valence-electron chi connectivity index (χ4n) is 2.61. The SMILES string of the molecule is CC(F)(F)c1ccc(O)c(CC(=O)CCCCCSc2ccccc2)c1. The third kappa shape index (κ3) is 6.79. The Hall–Kier alpha value is -1.88. The molecule has 0 atom stereocenters. The molecule has 0 radical (unpaired) electrons. The van der Waals surface area contributed by atoms with Crippen molar-refractivity contribution in [3.05, 3.63) is 59.7 Å². The van der Waals surface area contributed by atoms with Crippen molar-refractivity contribution >= 4 is 17.5 Å². The summed E-state index contributed by atoms with van der Waals surface area (Å²) in [5.74, 6) is -2.12. The van der Waals surface area contributed by atoms with Crippen LogP contribution in [-0.2, 0) is 17.1 Å². The van der Waals surface area contributed by atoms with Crippen molar-refractivity contribution in [2.75, 3.05) is 5.75 Å². The second kappa shape index (κ2) is 9.72. The summed E-state index contributed by atoms with van der Waals surface area (Å²) in [5, 5.41) is 9.80. The molecule has 0 spiro atoms. The summed E-state index contributed by atoms with van der Waals surface area (Å²) in [6.07, 6.45) is 3.15. The number of unbranched alkanes of at least 4 members (excludes halogenated alkanes) is 2. The number of thioether (sulfide) groups is 1. The number of rotatable bonds is 10. The van der Waals surface area contributed by atoms with Crippen LogP contribution in [0.3, 0.4) is 0 Å². The van der Waals surface area contributed by atoms with Gasteiger partial charge in [0.2, 0.25) is 0 Å². The topological polar surface area (TPSA) is 37.3 Å². The highest BCUT2D eigenvalue weighted by atomic mass is 32.2. The van der Waals surface area contributed by atoms with Gasteiger partial charge in [0.1, 0.15) is 11.5 Å². The minimum atomic E-state index is -2.98. The van der Waals surface area contributed by atoms with E-state index in [2.05, 4.69) is 12.1 Å². The van der Waals surface area contributed by atoms with E-state index in [1.807, 2.05) is 18.2 Å². The van der Waals surface area contributed by atoms with Gasteiger partial charge in [-0.05, 0) is 48.9 Å². The van der Waals surface area contributed by atoms with Crippen LogP contribution in [0.4, 0.5) is 8.78 Å². The van der Waals surface area contributed by atoms with Crippen LogP contribution in [0.5, 0.6) is 5.75 Å². The Morgan fingerprint density at radius 2 is 1.81 bits per heavy atom. The van der Waals surface area contributed by atoms with E-state index in [-0.39, 0.29) is 29.1 Å². The zero-order valence-electron chi connectivity index (χ0n) is 14.9. The Balaban J connectivity index is 1.70. The number of phenols is 1. The van der Waals surface area contributed by atoms with Crippen LogP contribution in [0.1, 0.15) is 43.7 Å². The zero-order chi connectivity index (χ0) is 19.0. The third-order valence-electron chi connectivity index (χ3n) is 4.09. The van der Waals surface area contributed by atoms with Crippen LogP contribution in [0, 0.1) is 0 Å². The van der Waals surface area contributed by atoms with Gasteiger partial charge in [-0.2, -0.15) is 0 Å². The Morgan fingerprint density at radius 3 is 2.50 bits per heavy atom. The molecule has 0 fully saturated rings. The van der Waals surface area contributed by atoms with E-state index in [1.54, 1.807) is 11.8 Å². The van der Waals surface area contributed by atoms with E-state index in [1.165, 1.54) is 23.1 Å². The van der Waals surface area contributed by atoms with Gasteiger partial charge in [0, 0.05) is 35.8 Å². The molecular weight excluding hydrogens is 354 g/mol. The van der Waals surface area contributed by atoms with Crippen molar-refractivity contribution in [1.82, 2.24) is 0 Å². The van der Waals surface area contributed by atoms with Gasteiger partial charge >= 0.3 is 0 Å². The van der Waals surface area contributed by atoms with Gasteiger partial charge in [-0.1, -0.05) is 24.6 Å². The standard InChI is InChI=1S/C21H24F2O2S/c1-21(22,23)17-11-12-20(25)16(14-17)15-18(24)8-4-3-7-13-26-19-9-5-2-6-10-19/h2,5-6,9-12,14,25H,3-4,7-8,13,15H2,1H3. The van der Waals surface area contributed by atoms with Crippen LogP contribution in [0.15, 0.2) is 53.4 Å². The molecule has 26 heavy (non-hydrogen) atoms. The lowest BCUT2D eigenvalue weighted by atomic mass is 9.99. The molecule has 140 valence electrons. The minimum absolute atomic E-state index is 0.00544. The summed E-state index contributed by atoms with van der Waals surface area (Å²) < 4.78 is 26.8. The van der Waals surface area contributed by atoms with Gasteiger partial charge in [-0.25, -0.2) is 8.78 Å². The number of alkyl halides is 2. The first-order chi connectivity index (χ1) is 12.4. The molecule has 0 aliphatic rings. The van der Waals surface area contributed by atoms with Crippen molar-refractivity contribution in [2.45, 2.75) is 49.8 Å². The van der Waals surface area contributed by atoms with Crippen LogP contribution in [0.2, 0.25) is 0 Å². The number of carbonyl (C=O) groups is 1. The fourth-order valence-corrected chi connectivity index (χ4v) is 3.54. The highest BCUT2D eigenvalue weighted by Crippen LogP contribution is 2.31. The maximum Gasteiger partial charge on any atom is 0.270 e. The lowest BCUT2D eigenvalue weighted by Gasteiger charge is -2.13. The summed E-state index contributed by atoms with van der Waals surface area (Å²) in [6.45, 7) is 0.804. The predicted octanol–water partition coefficient (Wildman–Crippen LogP) is 5.97. The van der Waals surface area contributed by atoms with Gasteiger partial charge in [0.05, 0.1) is 0 Å². The molecule has 0 aromatic heterocycles. The number of ketones is 1. The molecule has 0 aliphatic carbocycles. The van der Waals surface area contributed by atoms with Crippen LogP contribution >= 0.6 is 11.8 Å². The number of phenolic OH excluding ortho intramolecular Hbond substituents is 1. The Kier molecular flexibility index (Phi) is 7.64. The first-order valence-corrected chi connectivity index (χ1v) is 9.74. The highest BCUT2D eigenvalue weighted by molar-refractivity contribution is 7.99. The number of hydrogen-bond acceptors (Lipinski definition) is 3. The van der Waals surface area contributed by atoms with E-state index in [9.17, 15) is 18.7 Å². The molecule has 0 aliphatic heterocycles. The molecular formula is C21H24F2O2S. The molecule has 0 saturated carbocycles. The summed E-state index contributed by atoms with van der Waals surface area (Å²) >= 11 is 1.80. The maximum atomic E-state index is 13.4. The normalized spacial score (nSPS) is 11.5. The van der Waals surface area contributed by atoms with Gasteiger partial charge in [0.25, 0.3) is 5.92 Å². The van der Waals surface area contributed by atoms with E-state index in [0.717, 1.165) is 31.9 Å². The van der Waals surface area contributed by atoms with Crippen molar-refractivity contribution in [1.29, 1.82) is 0 Å². The summed E-state index contributed by atoms with van der Waals surface area (Å²) in [6, 6.07) is 13.8. The van der Waals surface area contributed by atoms with Gasteiger partial charge < -0.3 is 5.11 Å². The number of halogens is 2.